The lowest BCUT2D eigenvalue weighted by Crippen LogP contribution is -2.21. The number of esters is 1. The van der Waals surface area contributed by atoms with Crippen LogP contribution in [0.3, 0.4) is 0 Å². The van der Waals surface area contributed by atoms with Crippen molar-refractivity contribution in [1.82, 2.24) is 0 Å². The summed E-state index contributed by atoms with van der Waals surface area (Å²) in [7, 11) is 0. The molecular formula is C30H24N2O4. The average molecular weight is 477 g/mol. The third kappa shape index (κ3) is 4.35. The second-order valence-corrected chi connectivity index (χ2v) is 8.46. The van der Waals surface area contributed by atoms with Gasteiger partial charge in [-0.05, 0) is 53.1 Å². The number of nitriles is 1. The van der Waals surface area contributed by atoms with Crippen LogP contribution in [0.4, 0.5) is 0 Å². The Kier molecular flexibility index (Phi) is 6.29. The van der Waals surface area contributed by atoms with Crippen molar-refractivity contribution in [3.05, 3.63) is 113 Å². The van der Waals surface area contributed by atoms with Gasteiger partial charge in [0.2, 0.25) is 5.88 Å². The summed E-state index contributed by atoms with van der Waals surface area (Å²) in [6.07, 6.45) is 0.904. The molecule has 0 spiro atoms. The van der Waals surface area contributed by atoms with Crippen molar-refractivity contribution < 1.29 is 19.0 Å². The summed E-state index contributed by atoms with van der Waals surface area (Å²) in [6.45, 7) is 2.65. The Morgan fingerprint density at radius 1 is 0.972 bits per heavy atom. The summed E-state index contributed by atoms with van der Waals surface area (Å²) in [6, 6.07) is 28.2. The fraction of sp³-hybridized carbons (Fsp3) is 0.133. The Bertz CT molecular complexity index is 1510. The van der Waals surface area contributed by atoms with Gasteiger partial charge in [-0.15, -0.1) is 0 Å². The quantitative estimate of drug-likeness (QED) is 0.268. The van der Waals surface area contributed by atoms with Crippen LogP contribution in [0.2, 0.25) is 0 Å². The first-order valence-electron chi connectivity index (χ1n) is 11.7. The molecule has 5 rings (SSSR count). The van der Waals surface area contributed by atoms with Crippen LogP contribution in [-0.2, 0) is 0 Å². The molecule has 36 heavy (non-hydrogen) atoms. The van der Waals surface area contributed by atoms with E-state index in [0.717, 1.165) is 28.3 Å². The minimum Gasteiger partial charge on any atom is -0.494 e. The highest BCUT2D eigenvalue weighted by Crippen LogP contribution is 2.45. The molecule has 2 N–H and O–H groups in total. The summed E-state index contributed by atoms with van der Waals surface area (Å²) < 4.78 is 17.0. The third-order valence-corrected chi connectivity index (χ3v) is 6.10. The van der Waals surface area contributed by atoms with E-state index in [1.54, 1.807) is 36.4 Å². The maximum absolute atomic E-state index is 12.7. The van der Waals surface area contributed by atoms with Crippen molar-refractivity contribution in [3.63, 3.8) is 0 Å². The van der Waals surface area contributed by atoms with Gasteiger partial charge in [-0.2, -0.15) is 5.26 Å². The molecular weight excluding hydrogens is 452 g/mol. The summed E-state index contributed by atoms with van der Waals surface area (Å²) in [4.78, 5) is 12.7. The molecule has 4 aromatic carbocycles. The molecule has 0 radical (unpaired) electrons. The first-order valence-corrected chi connectivity index (χ1v) is 11.7. The largest absolute Gasteiger partial charge is 0.494 e. The second-order valence-electron chi connectivity index (χ2n) is 8.46. The van der Waals surface area contributed by atoms with E-state index in [-0.39, 0.29) is 5.88 Å². The van der Waals surface area contributed by atoms with Crippen molar-refractivity contribution in [1.29, 1.82) is 5.26 Å². The molecule has 1 atom stereocenters. The highest BCUT2D eigenvalue weighted by molar-refractivity contribution is 5.91. The lowest BCUT2D eigenvalue weighted by atomic mass is 9.81. The van der Waals surface area contributed by atoms with E-state index in [9.17, 15) is 10.1 Å². The molecule has 1 unspecified atom stereocenters. The molecule has 1 heterocycles. The molecule has 6 heteroatoms. The first kappa shape index (κ1) is 23.0. The van der Waals surface area contributed by atoms with E-state index in [4.69, 9.17) is 19.9 Å². The maximum Gasteiger partial charge on any atom is 0.343 e. The fourth-order valence-corrected chi connectivity index (χ4v) is 4.39. The Hall–Kier alpha value is -4.76. The van der Waals surface area contributed by atoms with Crippen LogP contribution in [0.25, 0.3) is 10.8 Å². The summed E-state index contributed by atoms with van der Waals surface area (Å²) >= 11 is 0. The standard InChI is InChI=1S/C30H24N2O4/c1-2-16-34-21-12-10-20(11-13-21)30(33)35-22-14-15-25-27(17-22)36-29(32)26(18-31)28(25)24-9-5-7-19-6-3-4-8-23(19)24/h3-15,17,28H,2,16,32H2,1H3. The lowest BCUT2D eigenvalue weighted by Gasteiger charge is -2.27. The molecule has 178 valence electrons. The van der Waals surface area contributed by atoms with Crippen LogP contribution in [0, 0.1) is 11.3 Å². The molecule has 0 saturated heterocycles. The van der Waals surface area contributed by atoms with E-state index < -0.39 is 11.9 Å². The van der Waals surface area contributed by atoms with Gasteiger partial charge < -0.3 is 19.9 Å². The third-order valence-electron chi connectivity index (χ3n) is 6.10. The van der Waals surface area contributed by atoms with Crippen molar-refractivity contribution >= 4 is 16.7 Å². The fourth-order valence-electron chi connectivity index (χ4n) is 4.39. The number of nitrogens with zero attached hydrogens (tertiary/aromatic N) is 1. The number of carbonyl (C=O) groups is 1. The van der Waals surface area contributed by atoms with Crippen LogP contribution < -0.4 is 19.9 Å². The van der Waals surface area contributed by atoms with Crippen LogP contribution in [0.1, 0.15) is 40.7 Å². The van der Waals surface area contributed by atoms with Gasteiger partial charge in [0.15, 0.2) is 0 Å². The summed E-state index contributed by atoms with van der Waals surface area (Å²) in [5.41, 5.74) is 8.65. The SMILES string of the molecule is CCCOc1ccc(C(=O)Oc2ccc3c(c2)OC(N)=C(C#N)C3c2cccc3ccccc23)cc1. The maximum atomic E-state index is 12.7. The number of hydrogen-bond donors (Lipinski definition) is 1. The van der Waals surface area contributed by atoms with Gasteiger partial charge in [-0.25, -0.2) is 4.79 Å². The molecule has 0 fully saturated rings. The molecule has 0 amide bonds. The molecule has 4 aromatic rings. The second kappa shape index (κ2) is 9.85. The summed E-state index contributed by atoms with van der Waals surface area (Å²) in [5, 5.41) is 12.0. The predicted octanol–water partition coefficient (Wildman–Crippen LogP) is 6.07. The normalized spacial score (nSPS) is 14.5. The van der Waals surface area contributed by atoms with Crippen molar-refractivity contribution in [2.45, 2.75) is 19.3 Å². The summed E-state index contributed by atoms with van der Waals surface area (Å²) in [5.74, 6) is 0.581. The molecule has 0 saturated carbocycles. The van der Waals surface area contributed by atoms with Crippen LogP contribution >= 0.6 is 0 Å². The average Bonchev–Trinajstić information content (AvgIpc) is 2.91. The molecule has 0 aliphatic carbocycles. The Morgan fingerprint density at radius 2 is 1.72 bits per heavy atom. The monoisotopic (exact) mass is 476 g/mol. The number of hydrogen-bond acceptors (Lipinski definition) is 6. The van der Waals surface area contributed by atoms with E-state index in [1.165, 1.54) is 0 Å². The molecule has 0 aromatic heterocycles. The van der Waals surface area contributed by atoms with Crippen molar-refractivity contribution in [2.75, 3.05) is 6.61 Å². The van der Waals surface area contributed by atoms with E-state index in [2.05, 4.69) is 6.07 Å². The minimum atomic E-state index is -0.500. The topological polar surface area (TPSA) is 94.6 Å². The lowest BCUT2D eigenvalue weighted by molar-refractivity contribution is 0.0734. The van der Waals surface area contributed by atoms with Gasteiger partial charge in [0.25, 0.3) is 0 Å². The van der Waals surface area contributed by atoms with E-state index in [0.29, 0.717) is 35.0 Å². The molecule has 1 aliphatic rings. The highest BCUT2D eigenvalue weighted by atomic mass is 16.5. The zero-order chi connectivity index (χ0) is 25.1. The zero-order valence-corrected chi connectivity index (χ0v) is 19.7. The first-order chi connectivity index (χ1) is 17.6. The van der Waals surface area contributed by atoms with Gasteiger partial charge in [0.1, 0.15) is 28.9 Å². The van der Waals surface area contributed by atoms with Crippen LogP contribution in [-0.4, -0.2) is 12.6 Å². The van der Waals surface area contributed by atoms with Gasteiger partial charge in [-0.3, -0.25) is 0 Å². The Morgan fingerprint density at radius 3 is 2.50 bits per heavy atom. The predicted molar refractivity (Wildman–Crippen MR) is 137 cm³/mol. The number of nitrogens with two attached hydrogens (primary N) is 1. The Labute approximate surface area is 209 Å². The molecule has 1 aliphatic heterocycles. The van der Waals surface area contributed by atoms with Crippen LogP contribution in [0.5, 0.6) is 17.2 Å². The van der Waals surface area contributed by atoms with E-state index >= 15 is 0 Å². The number of allylic oxidation sites excluding steroid dienone is 1. The van der Waals surface area contributed by atoms with Crippen LogP contribution in [0.15, 0.2) is 96.4 Å². The van der Waals surface area contributed by atoms with Gasteiger partial charge in [0.05, 0.1) is 18.1 Å². The number of benzene rings is 4. The van der Waals surface area contributed by atoms with Crippen molar-refractivity contribution in [2.24, 2.45) is 5.73 Å². The zero-order valence-electron chi connectivity index (χ0n) is 19.7. The van der Waals surface area contributed by atoms with Gasteiger partial charge in [-0.1, -0.05) is 55.5 Å². The van der Waals surface area contributed by atoms with Gasteiger partial charge >= 0.3 is 5.97 Å². The number of ether oxygens (including phenoxy) is 3. The van der Waals surface area contributed by atoms with Crippen molar-refractivity contribution in [3.8, 4) is 23.3 Å². The Balaban J connectivity index is 1.46. The number of carbonyl (C=O) groups excluding carboxylic acids is 1. The molecule has 6 nitrogen and oxygen atoms in total. The minimum absolute atomic E-state index is 0.0362. The number of fused-ring (bicyclic) bond motifs is 2. The number of rotatable bonds is 6. The highest BCUT2D eigenvalue weighted by Gasteiger charge is 2.32. The van der Waals surface area contributed by atoms with E-state index in [1.807, 2.05) is 55.5 Å². The van der Waals surface area contributed by atoms with Gasteiger partial charge in [0, 0.05) is 11.6 Å². The smallest absolute Gasteiger partial charge is 0.343 e. The molecule has 0 bridgehead atoms.